The SMILES string of the molecule is Cn1ncc(-c2[nH]cnc2N2CCC2)c1-c1ccc(C(F)(F)F)cc1. The number of anilines is 1. The molecule has 1 fully saturated rings. The van der Waals surface area contributed by atoms with E-state index in [1.807, 2.05) is 0 Å². The molecule has 130 valence electrons. The molecule has 0 saturated carbocycles. The maximum absolute atomic E-state index is 12.8. The summed E-state index contributed by atoms with van der Waals surface area (Å²) in [5.74, 6) is 0.854. The second-order valence-electron chi connectivity index (χ2n) is 6.05. The first-order valence-corrected chi connectivity index (χ1v) is 7.93. The number of aromatic amines is 1. The Bertz CT molecular complexity index is 888. The highest BCUT2D eigenvalue weighted by molar-refractivity contribution is 5.84. The largest absolute Gasteiger partial charge is 0.416 e. The number of halogens is 3. The molecule has 1 aliphatic heterocycles. The first kappa shape index (κ1) is 15.7. The van der Waals surface area contributed by atoms with Crippen molar-refractivity contribution in [3.8, 4) is 22.5 Å². The fourth-order valence-electron chi connectivity index (χ4n) is 3.03. The Morgan fingerprint density at radius 1 is 1.12 bits per heavy atom. The van der Waals surface area contributed by atoms with Crippen LogP contribution in [0.25, 0.3) is 22.5 Å². The number of hydrogen-bond donors (Lipinski definition) is 1. The lowest BCUT2D eigenvalue weighted by molar-refractivity contribution is -0.137. The average molecular weight is 347 g/mol. The number of H-pyrrole nitrogens is 1. The Morgan fingerprint density at radius 2 is 1.84 bits per heavy atom. The molecule has 0 unspecified atom stereocenters. The van der Waals surface area contributed by atoms with Crippen molar-refractivity contribution in [3.05, 3.63) is 42.4 Å². The lowest BCUT2D eigenvalue weighted by Gasteiger charge is -2.31. The summed E-state index contributed by atoms with van der Waals surface area (Å²) < 4.78 is 40.0. The lowest BCUT2D eigenvalue weighted by Crippen LogP contribution is -2.37. The Hall–Kier alpha value is -2.77. The first-order valence-electron chi connectivity index (χ1n) is 7.93. The summed E-state index contributed by atoms with van der Waals surface area (Å²) in [6.45, 7) is 1.90. The molecule has 0 amide bonds. The molecular formula is C17H16F3N5. The van der Waals surface area contributed by atoms with E-state index in [0.717, 1.165) is 54.4 Å². The molecule has 8 heteroatoms. The van der Waals surface area contributed by atoms with Crippen molar-refractivity contribution < 1.29 is 13.2 Å². The highest BCUT2D eigenvalue weighted by atomic mass is 19.4. The fraction of sp³-hybridized carbons (Fsp3) is 0.294. The van der Waals surface area contributed by atoms with Gasteiger partial charge in [0.05, 0.1) is 29.5 Å². The van der Waals surface area contributed by atoms with Crippen LogP contribution >= 0.6 is 0 Å². The number of benzene rings is 1. The Balaban J connectivity index is 1.77. The van der Waals surface area contributed by atoms with Gasteiger partial charge in [-0.05, 0) is 18.6 Å². The van der Waals surface area contributed by atoms with Gasteiger partial charge in [0.1, 0.15) is 0 Å². The number of nitrogens with zero attached hydrogens (tertiary/aromatic N) is 4. The molecule has 0 bridgehead atoms. The topological polar surface area (TPSA) is 49.7 Å². The van der Waals surface area contributed by atoms with Crippen LogP contribution in [0.4, 0.5) is 19.0 Å². The van der Waals surface area contributed by atoms with Crippen LogP contribution in [0.1, 0.15) is 12.0 Å². The van der Waals surface area contributed by atoms with Crippen molar-refractivity contribution in [2.75, 3.05) is 18.0 Å². The minimum atomic E-state index is -4.35. The molecule has 3 aromatic rings. The third-order valence-corrected chi connectivity index (χ3v) is 4.47. The van der Waals surface area contributed by atoms with E-state index in [0.29, 0.717) is 5.56 Å². The Morgan fingerprint density at radius 3 is 2.44 bits per heavy atom. The van der Waals surface area contributed by atoms with Gasteiger partial charge < -0.3 is 9.88 Å². The van der Waals surface area contributed by atoms with E-state index in [-0.39, 0.29) is 0 Å². The van der Waals surface area contributed by atoms with Gasteiger partial charge in [0, 0.05) is 31.3 Å². The average Bonchev–Trinajstić information content (AvgIpc) is 3.11. The molecule has 1 saturated heterocycles. The molecule has 0 atom stereocenters. The third kappa shape index (κ3) is 2.67. The number of rotatable bonds is 3. The van der Waals surface area contributed by atoms with Crippen LogP contribution < -0.4 is 4.90 Å². The van der Waals surface area contributed by atoms with Crippen molar-refractivity contribution in [1.82, 2.24) is 19.7 Å². The fourth-order valence-corrected chi connectivity index (χ4v) is 3.03. The van der Waals surface area contributed by atoms with Crippen LogP contribution in [0.5, 0.6) is 0 Å². The quantitative estimate of drug-likeness (QED) is 0.786. The van der Waals surface area contributed by atoms with E-state index in [4.69, 9.17) is 0 Å². The van der Waals surface area contributed by atoms with Gasteiger partial charge in [-0.2, -0.15) is 18.3 Å². The molecule has 0 spiro atoms. The molecule has 0 aliphatic carbocycles. The zero-order valence-corrected chi connectivity index (χ0v) is 13.5. The maximum atomic E-state index is 12.8. The van der Waals surface area contributed by atoms with E-state index < -0.39 is 11.7 Å². The molecule has 1 aliphatic rings. The van der Waals surface area contributed by atoms with Crippen LogP contribution in [0, 0.1) is 0 Å². The number of aromatic nitrogens is 4. The van der Waals surface area contributed by atoms with Gasteiger partial charge in [-0.25, -0.2) is 4.98 Å². The van der Waals surface area contributed by atoms with Crippen LogP contribution in [0.3, 0.4) is 0 Å². The van der Waals surface area contributed by atoms with Gasteiger partial charge in [0.15, 0.2) is 5.82 Å². The van der Waals surface area contributed by atoms with Crippen LogP contribution in [-0.4, -0.2) is 32.8 Å². The molecule has 1 N–H and O–H groups in total. The minimum absolute atomic E-state index is 0.664. The minimum Gasteiger partial charge on any atom is -0.355 e. The molecule has 1 aromatic carbocycles. The predicted molar refractivity (Wildman–Crippen MR) is 88.1 cm³/mol. The van der Waals surface area contributed by atoms with Crippen molar-refractivity contribution in [2.24, 2.45) is 7.05 Å². The molecule has 2 aromatic heterocycles. The van der Waals surface area contributed by atoms with Crippen molar-refractivity contribution in [1.29, 1.82) is 0 Å². The summed E-state index contributed by atoms with van der Waals surface area (Å²) in [6.07, 6.45) is 0.128. The van der Waals surface area contributed by atoms with Crippen molar-refractivity contribution >= 4 is 5.82 Å². The van der Waals surface area contributed by atoms with Crippen LogP contribution in [0.2, 0.25) is 0 Å². The van der Waals surface area contributed by atoms with Gasteiger partial charge in [-0.3, -0.25) is 4.68 Å². The number of imidazole rings is 1. The normalized spacial score (nSPS) is 14.6. The summed E-state index contributed by atoms with van der Waals surface area (Å²) >= 11 is 0. The highest BCUT2D eigenvalue weighted by Gasteiger charge is 2.30. The molecule has 0 radical (unpaired) electrons. The van der Waals surface area contributed by atoms with E-state index in [1.165, 1.54) is 12.1 Å². The van der Waals surface area contributed by atoms with E-state index >= 15 is 0 Å². The maximum Gasteiger partial charge on any atom is 0.416 e. The number of hydrogen-bond acceptors (Lipinski definition) is 3. The highest BCUT2D eigenvalue weighted by Crippen LogP contribution is 2.37. The van der Waals surface area contributed by atoms with Gasteiger partial charge in [-0.15, -0.1) is 0 Å². The zero-order chi connectivity index (χ0) is 17.6. The number of nitrogens with one attached hydrogen (secondary N) is 1. The number of aryl methyl sites for hydroxylation is 1. The zero-order valence-electron chi connectivity index (χ0n) is 13.5. The standard InChI is InChI=1S/C17H16F3N5/c1-24-15(11-3-5-12(6-4-11)17(18,19)20)13(9-23-24)14-16(22-10-21-14)25-7-2-8-25/h3-6,9-10H,2,7-8H2,1H3,(H,21,22). The van der Waals surface area contributed by atoms with Gasteiger partial charge in [-0.1, -0.05) is 12.1 Å². The smallest absolute Gasteiger partial charge is 0.355 e. The summed E-state index contributed by atoms with van der Waals surface area (Å²) in [6, 6.07) is 5.14. The van der Waals surface area contributed by atoms with E-state index in [2.05, 4.69) is 20.0 Å². The van der Waals surface area contributed by atoms with E-state index in [1.54, 1.807) is 24.3 Å². The van der Waals surface area contributed by atoms with Crippen molar-refractivity contribution in [2.45, 2.75) is 12.6 Å². The van der Waals surface area contributed by atoms with Crippen LogP contribution in [0.15, 0.2) is 36.8 Å². The first-order chi connectivity index (χ1) is 11.9. The summed E-state index contributed by atoms with van der Waals surface area (Å²) in [4.78, 5) is 9.70. The third-order valence-electron chi connectivity index (χ3n) is 4.47. The molecule has 25 heavy (non-hydrogen) atoms. The molecule has 3 heterocycles. The lowest BCUT2D eigenvalue weighted by atomic mass is 10.0. The number of alkyl halides is 3. The monoisotopic (exact) mass is 347 g/mol. The molecular weight excluding hydrogens is 331 g/mol. The second-order valence-corrected chi connectivity index (χ2v) is 6.05. The Labute approximate surface area is 142 Å². The molecule has 4 rings (SSSR count). The Kier molecular flexibility index (Phi) is 3.55. The second kappa shape index (κ2) is 5.65. The predicted octanol–water partition coefficient (Wildman–Crippen LogP) is 3.71. The molecule has 5 nitrogen and oxygen atoms in total. The van der Waals surface area contributed by atoms with Gasteiger partial charge >= 0.3 is 6.18 Å². The summed E-state index contributed by atoms with van der Waals surface area (Å²) in [7, 11) is 1.77. The summed E-state index contributed by atoms with van der Waals surface area (Å²) in [5.41, 5.74) is 2.42. The van der Waals surface area contributed by atoms with Gasteiger partial charge in [0.2, 0.25) is 0 Å². The van der Waals surface area contributed by atoms with Crippen molar-refractivity contribution in [3.63, 3.8) is 0 Å². The van der Waals surface area contributed by atoms with Crippen LogP contribution in [-0.2, 0) is 13.2 Å². The van der Waals surface area contributed by atoms with E-state index in [9.17, 15) is 13.2 Å². The van der Waals surface area contributed by atoms with Gasteiger partial charge in [0.25, 0.3) is 0 Å². The summed E-state index contributed by atoms with van der Waals surface area (Å²) in [5, 5.41) is 4.29.